The molecule has 0 radical (unpaired) electrons. The Balaban J connectivity index is 1.90. The Morgan fingerprint density at radius 3 is 2.58 bits per heavy atom. The highest BCUT2D eigenvalue weighted by molar-refractivity contribution is 7.92. The minimum Gasteiger partial charge on any atom is -0.461 e. The molecule has 1 aromatic rings. The van der Waals surface area contributed by atoms with Gasteiger partial charge in [-0.3, -0.25) is 4.79 Å². The van der Waals surface area contributed by atoms with Crippen molar-refractivity contribution in [2.75, 3.05) is 7.11 Å². The van der Waals surface area contributed by atoms with Crippen molar-refractivity contribution in [3.8, 4) is 0 Å². The molecule has 0 aromatic heterocycles. The number of allylic oxidation sites excluding steroid dienone is 1. The molecule has 0 N–H and O–H groups in total. The van der Waals surface area contributed by atoms with Crippen LogP contribution in [0.2, 0.25) is 0 Å². The monoisotopic (exact) mass is 450 g/mol. The summed E-state index contributed by atoms with van der Waals surface area (Å²) in [5.74, 6) is -0.247. The van der Waals surface area contributed by atoms with Crippen LogP contribution in [0.15, 0.2) is 47.4 Å². The number of sulfone groups is 1. The van der Waals surface area contributed by atoms with Crippen LogP contribution < -0.4 is 0 Å². The number of methoxy groups -OCH3 is 1. The lowest BCUT2D eigenvalue weighted by Crippen LogP contribution is -2.39. The van der Waals surface area contributed by atoms with Crippen molar-refractivity contribution in [2.24, 2.45) is 11.8 Å². The number of fused-ring (bicyclic) bond motifs is 1. The second kappa shape index (κ2) is 10.7. The van der Waals surface area contributed by atoms with Crippen LogP contribution in [0.4, 0.5) is 0 Å². The predicted molar refractivity (Wildman–Crippen MR) is 118 cm³/mol. The largest absolute Gasteiger partial charge is 0.461 e. The SMILES string of the molecule is CCCCCC(OC(C)=O)C(C[C@H]1C=C[C@H]2OC(OC)C[C@@H]12)S(=O)(=O)c1ccccc1. The molecule has 2 aliphatic rings. The molecule has 1 heterocycles. The maximum atomic E-state index is 13.7. The summed E-state index contributed by atoms with van der Waals surface area (Å²) < 4.78 is 44.3. The highest BCUT2D eigenvalue weighted by atomic mass is 32.2. The third-order valence-electron chi connectivity index (χ3n) is 6.36. The smallest absolute Gasteiger partial charge is 0.302 e. The summed E-state index contributed by atoms with van der Waals surface area (Å²) in [5.41, 5.74) is 0. The molecule has 6 atom stereocenters. The van der Waals surface area contributed by atoms with E-state index in [1.807, 2.05) is 6.08 Å². The van der Waals surface area contributed by atoms with Gasteiger partial charge in [0.1, 0.15) is 11.4 Å². The summed E-state index contributed by atoms with van der Waals surface area (Å²) in [6.07, 6.45) is 7.52. The maximum absolute atomic E-state index is 13.7. The van der Waals surface area contributed by atoms with Crippen molar-refractivity contribution in [1.29, 1.82) is 0 Å². The van der Waals surface area contributed by atoms with Gasteiger partial charge in [0.15, 0.2) is 16.1 Å². The summed E-state index contributed by atoms with van der Waals surface area (Å²) in [4.78, 5) is 12.2. The van der Waals surface area contributed by atoms with Gasteiger partial charge in [0.05, 0.1) is 11.0 Å². The topological polar surface area (TPSA) is 78.9 Å². The zero-order valence-electron chi connectivity index (χ0n) is 18.6. The molecule has 1 aromatic carbocycles. The molecule has 1 aliphatic heterocycles. The minimum atomic E-state index is -3.70. The van der Waals surface area contributed by atoms with E-state index in [0.717, 1.165) is 25.7 Å². The molecule has 3 rings (SSSR count). The lowest BCUT2D eigenvalue weighted by molar-refractivity contribution is -0.146. The first-order valence-corrected chi connectivity index (χ1v) is 12.7. The van der Waals surface area contributed by atoms with Gasteiger partial charge in [-0.25, -0.2) is 8.42 Å². The second-order valence-electron chi connectivity index (χ2n) is 8.49. The van der Waals surface area contributed by atoms with E-state index in [2.05, 4.69) is 13.0 Å². The molecular formula is C24H34O6S. The Kier molecular flexibility index (Phi) is 8.30. The van der Waals surface area contributed by atoms with Crippen LogP contribution in [0.25, 0.3) is 0 Å². The Hall–Kier alpha value is -1.70. The molecule has 6 nitrogen and oxygen atoms in total. The number of unbranched alkanes of at least 4 members (excludes halogenated alkanes) is 2. The zero-order chi connectivity index (χ0) is 22.4. The van der Waals surface area contributed by atoms with Gasteiger partial charge in [-0.05, 0) is 43.2 Å². The van der Waals surface area contributed by atoms with Gasteiger partial charge in [0, 0.05) is 20.5 Å². The van der Waals surface area contributed by atoms with Crippen LogP contribution in [-0.2, 0) is 28.8 Å². The molecule has 1 fully saturated rings. The van der Waals surface area contributed by atoms with E-state index in [1.54, 1.807) is 37.4 Å². The molecule has 0 bridgehead atoms. The molecule has 7 heteroatoms. The van der Waals surface area contributed by atoms with E-state index in [1.165, 1.54) is 6.92 Å². The fourth-order valence-electron chi connectivity index (χ4n) is 4.76. The van der Waals surface area contributed by atoms with Gasteiger partial charge in [0.25, 0.3) is 0 Å². The molecule has 0 saturated carbocycles. The van der Waals surface area contributed by atoms with Crippen molar-refractivity contribution in [2.45, 2.75) is 81.0 Å². The Morgan fingerprint density at radius 1 is 1.19 bits per heavy atom. The van der Waals surface area contributed by atoms with Crippen LogP contribution in [0.3, 0.4) is 0 Å². The van der Waals surface area contributed by atoms with E-state index < -0.39 is 27.2 Å². The van der Waals surface area contributed by atoms with Crippen LogP contribution in [0, 0.1) is 11.8 Å². The van der Waals surface area contributed by atoms with Crippen molar-refractivity contribution in [1.82, 2.24) is 0 Å². The first kappa shape index (κ1) is 24.0. The molecule has 1 saturated heterocycles. The summed E-state index contributed by atoms with van der Waals surface area (Å²) in [6.45, 7) is 3.44. The number of ether oxygens (including phenoxy) is 3. The van der Waals surface area contributed by atoms with Crippen molar-refractivity contribution >= 4 is 15.8 Å². The van der Waals surface area contributed by atoms with Crippen molar-refractivity contribution in [3.63, 3.8) is 0 Å². The summed E-state index contributed by atoms with van der Waals surface area (Å²) in [5, 5.41) is -0.814. The lowest BCUT2D eigenvalue weighted by atomic mass is 9.87. The number of hydrogen-bond acceptors (Lipinski definition) is 6. The zero-order valence-corrected chi connectivity index (χ0v) is 19.4. The number of benzene rings is 1. The van der Waals surface area contributed by atoms with Gasteiger partial charge < -0.3 is 14.2 Å². The van der Waals surface area contributed by atoms with E-state index in [-0.39, 0.29) is 29.1 Å². The summed E-state index contributed by atoms with van der Waals surface area (Å²) >= 11 is 0. The van der Waals surface area contributed by atoms with Gasteiger partial charge in [0.2, 0.25) is 0 Å². The average molecular weight is 451 g/mol. The van der Waals surface area contributed by atoms with Crippen LogP contribution in [-0.4, -0.2) is 45.2 Å². The Bertz CT molecular complexity index is 850. The fourth-order valence-corrected chi connectivity index (χ4v) is 6.71. The number of carbonyl (C=O) groups is 1. The van der Waals surface area contributed by atoms with E-state index in [4.69, 9.17) is 14.2 Å². The standard InChI is InChI=1S/C24H34O6S/c1-4-5-7-12-22(29-17(2)25)23(31(26,27)19-10-8-6-9-11-19)15-18-13-14-21-20(18)16-24(28-3)30-21/h6,8-11,13-14,18,20-24H,4-5,7,12,15-16H2,1-3H3/t18-,20+,21-,22?,23?,24?/m1/s1. The van der Waals surface area contributed by atoms with Crippen molar-refractivity contribution in [3.05, 3.63) is 42.5 Å². The Labute approximate surface area is 185 Å². The summed E-state index contributed by atoms with van der Waals surface area (Å²) in [6, 6.07) is 8.48. The summed E-state index contributed by atoms with van der Waals surface area (Å²) in [7, 11) is -2.08. The number of rotatable bonds is 11. The van der Waals surface area contributed by atoms with Crippen LogP contribution in [0.5, 0.6) is 0 Å². The number of hydrogen-bond donors (Lipinski definition) is 0. The van der Waals surface area contributed by atoms with E-state index in [0.29, 0.717) is 12.8 Å². The van der Waals surface area contributed by atoms with Crippen LogP contribution >= 0.6 is 0 Å². The molecule has 0 amide bonds. The third kappa shape index (κ3) is 5.76. The van der Waals surface area contributed by atoms with E-state index >= 15 is 0 Å². The first-order chi connectivity index (χ1) is 14.9. The molecule has 0 spiro atoms. The normalized spacial score (nSPS) is 27.1. The Morgan fingerprint density at radius 2 is 1.94 bits per heavy atom. The number of esters is 1. The first-order valence-electron chi connectivity index (χ1n) is 11.2. The fraction of sp³-hybridized carbons (Fsp3) is 0.625. The van der Waals surface area contributed by atoms with Gasteiger partial charge in [-0.1, -0.05) is 50.1 Å². The lowest BCUT2D eigenvalue weighted by Gasteiger charge is -2.30. The molecule has 172 valence electrons. The highest BCUT2D eigenvalue weighted by Crippen LogP contribution is 2.42. The average Bonchev–Trinajstić information content (AvgIpc) is 3.32. The van der Waals surface area contributed by atoms with Gasteiger partial charge in [-0.2, -0.15) is 0 Å². The molecule has 31 heavy (non-hydrogen) atoms. The second-order valence-corrected chi connectivity index (χ2v) is 10.7. The van der Waals surface area contributed by atoms with Crippen LogP contribution in [0.1, 0.15) is 52.4 Å². The molecular weight excluding hydrogens is 416 g/mol. The molecule has 3 unspecified atom stereocenters. The predicted octanol–water partition coefficient (Wildman–Crippen LogP) is 4.29. The van der Waals surface area contributed by atoms with Gasteiger partial charge in [-0.15, -0.1) is 0 Å². The molecule has 1 aliphatic carbocycles. The quantitative estimate of drug-likeness (QED) is 0.284. The number of carbonyl (C=O) groups excluding carboxylic acids is 1. The van der Waals surface area contributed by atoms with Gasteiger partial charge >= 0.3 is 5.97 Å². The minimum absolute atomic E-state index is 0.0258. The van der Waals surface area contributed by atoms with Crippen molar-refractivity contribution < 1.29 is 27.4 Å². The third-order valence-corrected chi connectivity index (χ3v) is 8.58. The highest BCUT2D eigenvalue weighted by Gasteiger charge is 2.45. The maximum Gasteiger partial charge on any atom is 0.302 e. The van der Waals surface area contributed by atoms with E-state index in [9.17, 15) is 13.2 Å².